The van der Waals surface area contributed by atoms with Crippen LogP contribution in [0.4, 0.5) is 0 Å². The van der Waals surface area contributed by atoms with Gasteiger partial charge in [-0.25, -0.2) is 0 Å². The van der Waals surface area contributed by atoms with Gasteiger partial charge >= 0.3 is 100 Å². The summed E-state index contributed by atoms with van der Waals surface area (Å²) in [5, 5.41) is 11.2. The zero-order valence-corrected chi connectivity index (χ0v) is 15.1. The number of unbranched alkanes of at least 4 members (excludes halogenated alkanes) is 6. The molecule has 0 amide bonds. The van der Waals surface area contributed by atoms with E-state index in [-0.39, 0.29) is 6.04 Å². The van der Waals surface area contributed by atoms with E-state index >= 15 is 0 Å². The number of carboxylic acids is 1. The number of carbonyl (C=O) groups excluding carboxylic acids is 1. The maximum Gasteiger partial charge on any atom is 0.320 e. The van der Waals surface area contributed by atoms with Crippen molar-refractivity contribution in [1.29, 1.82) is 0 Å². The molecule has 1 atom stereocenters. The standard InChI is InChI=1S/C10H19O.C5H9NO2.Na/c1-2-3-4-5-6-7-8-9-10-11;7-5(8)4-2-1-3-6-4;/h2-9H2,1H3;4,6H,1-3H2,(H,7,8);/t;4-;/m.0./s1. The molecule has 5 heteroatoms. The third-order valence-electron chi connectivity index (χ3n) is 3.49. The first-order chi connectivity index (χ1) is 9.57. The molecular formula is C15H28NNaO3. The van der Waals surface area contributed by atoms with Gasteiger partial charge in [-0.2, -0.15) is 0 Å². The number of carbonyl (C=O) groups is 2. The van der Waals surface area contributed by atoms with Gasteiger partial charge in [0.1, 0.15) is 6.04 Å². The van der Waals surface area contributed by atoms with Crippen molar-refractivity contribution in [3.8, 4) is 0 Å². The molecular weight excluding hydrogens is 265 g/mol. The van der Waals surface area contributed by atoms with E-state index in [1.807, 2.05) is 0 Å². The van der Waals surface area contributed by atoms with Crippen molar-refractivity contribution in [2.75, 3.05) is 6.54 Å². The Morgan fingerprint density at radius 1 is 1.15 bits per heavy atom. The minimum absolute atomic E-state index is 0.269. The average Bonchev–Trinajstić information content (AvgIpc) is 2.92. The van der Waals surface area contributed by atoms with E-state index in [4.69, 9.17) is 5.11 Å². The fourth-order valence-electron chi connectivity index (χ4n) is 2.23. The van der Waals surface area contributed by atoms with Crippen molar-refractivity contribution in [2.45, 2.75) is 77.2 Å². The largest absolute Gasteiger partial charge is 0.480 e. The van der Waals surface area contributed by atoms with Crippen molar-refractivity contribution in [2.24, 2.45) is 0 Å². The van der Waals surface area contributed by atoms with Crippen molar-refractivity contribution < 1.29 is 14.7 Å². The summed E-state index contributed by atoms with van der Waals surface area (Å²) in [6, 6.07) is -0.269. The van der Waals surface area contributed by atoms with Crippen LogP contribution in [-0.4, -0.2) is 54.6 Å². The Bertz CT molecular complexity index is 266. The van der Waals surface area contributed by atoms with Crippen LogP contribution in [0.1, 0.15) is 71.1 Å². The van der Waals surface area contributed by atoms with E-state index in [0.29, 0.717) is 3.03 Å². The molecule has 0 aromatic rings. The molecule has 1 saturated heterocycles. The second-order valence-electron chi connectivity index (χ2n) is 5.56. The van der Waals surface area contributed by atoms with Crippen molar-refractivity contribution in [3.05, 3.63) is 0 Å². The third-order valence-corrected chi connectivity index (χ3v) is 3.99. The Kier molecular flexibility index (Phi) is 14.1. The van der Waals surface area contributed by atoms with Crippen LogP contribution < -0.4 is 5.32 Å². The topological polar surface area (TPSA) is 66.4 Å². The molecule has 0 bridgehead atoms. The van der Waals surface area contributed by atoms with E-state index in [1.54, 1.807) is 0 Å². The first-order valence-corrected chi connectivity index (χ1v) is 9.03. The zero-order valence-electron chi connectivity index (χ0n) is 13.1. The number of carboxylic acid groups (broad SMARTS) is 1. The summed E-state index contributed by atoms with van der Waals surface area (Å²) in [5.74, 6) is -0.720. The average molecular weight is 293 g/mol. The molecule has 0 aromatic carbocycles. The quantitative estimate of drug-likeness (QED) is 0.506. The minimum Gasteiger partial charge on any atom is -0.480 e. The van der Waals surface area contributed by atoms with Crippen LogP contribution in [0, 0.1) is 0 Å². The molecule has 2 N–H and O–H groups in total. The Balaban J connectivity index is 0.000000388. The van der Waals surface area contributed by atoms with Gasteiger partial charge in [0.2, 0.25) is 0 Å². The summed E-state index contributed by atoms with van der Waals surface area (Å²) in [4.78, 5) is 20.8. The predicted octanol–water partition coefficient (Wildman–Crippen LogP) is 2.65. The van der Waals surface area contributed by atoms with Crippen molar-refractivity contribution >= 4 is 36.9 Å². The molecule has 112 valence electrons. The summed E-state index contributed by atoms with van der Waals surface area (Å²) < 4.78 is 0.476. The summed E-state index contributed by atoms with van der Waals surface area (Å²) >= 11 is 0.750. The van der Waals surface area contributed by atoms with Gasteiger partial charge in [-0.15, -0.1) is 0 Å². The monoisotopic (exact) mass is 293 g/mol. The molecule has 1 heterocycles. The number of hydrogen-bond acceptors (Lipinski definition) is 3. The van der Waals surface area contributed by atoms with Gasteiger partial charge in [0, 0.05) is 0 Å². The molecule has 0 aliphatic carbocycles. The maximum absolute atomic E-state index is 10.6. The van der Waals surface area contributed by atoms with E-state index in [1.165, 1.54) is 38.5 Å². The van der Waals surface area contributed by atoms with Crippen LogP contribution in [0.2, 0.25) is 0 Å². The van der Waals surface area contributed by atoms with E-state index in [9.17, 15) is 9.59 Å². The maximum atomic E-state index is 10.6. The summed E-state index contributed by atoms with van der Waals surface area (Å²) in [7, 11) is 0. The normalized spacial score (nSPS) is 17.4. The number of hydrogen-bond donors (Lipinski definition) is 2. The molecule has 0 unspecified atom stereocenters. The smallest absolute Gasteiger partial charge is 0.320 e. The molecule has 1 rings (SSSR count). The summed E-state index contributed by atoms with van der Waals surface area (Å²) in [5.41, 5.74) is 0. The SMILES string of the molecule is CCCCCCCCC[C](=O)[Na].O=C(O)[C@@H]1CCCN1. The molecule has 0 spiro atoms. The van der Waals surface area contributed by atoms with Gasteiger partial charge in [0.05, 0.1) is 0 Å². The van der Waals surface area contributed by atoms with Crippen molar-refractivity contribution in [1.82, 2.24) is 5.32 Å². The van der Waals surface area contributed by atoms with Crippen molar-refractivity contribution in [3.63, 3.8) is 0 Å². The summed E-state index contributed by atoms with van der Waals surface area (Å²) in [6.07, 6.45) is 11.8. The first kappa shape index (κ1) is 20.1. The predicted molar refractivity (Wildman–Crippen MR) is 82.0 cm³/mol. The van der Waals surface area contributed by atoms with E-state index in [0.717, 1.165) is 60.2 Å². The molecule has 1 fully saturated rings. The second-order valence-corrected chi connectivity index (χ2v) is 6.68. The molecule has 1 aliphatic heterocycles. The van der Waals surface area contributed by atoms with Gasteiger partial charge in [-0.1, -0.05) is 0 Å². The van der Waals surface area contributed by atoms with Gasteiger partial charge in [-0.3, -0.25) is 4.79 Å². The summed E-state index contributed by atoms with van der Waals surface area (Å²) in [6.45, 7) is 3.09. The van der Waals surface area contributed by atoms with Gasteiger partial charge in [0.15, 0.2) is 0 Å². The minimum atomic E-state index is -0.720. The number of aliphatic carboxylic acids is 1. The Morgan fingerprint density at radius 3 is 2.15 bits per heavy atom. The molecule has 4 nitrogen and oxygen atoms in total. The Morgan fingerprint density at radius 2 is 1.75 bits per heavy atom. The van der Waals surface area contributed by atoms with Gasteiger partial charge in [-0.05, 0) is 19.4 Å². The van der Waals surface area contributed by atoms with Gasteiger partial charge < -0.3 is 10.4 Å². The third kappa shape index (κ3) is 13.1. The molecule has 0 radical (unpaired) electrons. The van der Waals surface area contributed by atoms with E-state index < -0.39 is 5.97 Å². The van der Waals surface area contributed by atoms with E-state index in [2.05, 4.69) is 12.2 Å². The van der Waals surface area contributed by atoms with Crippen LogP contribution >= 0.6 is 0 Å². The fraction of sp³-hybridized carbons (Fsp3) is 0.867. The molecule has 0 saturated carbocycles. The number of rotatable bonds is 9. The Labute approximate surface area is 140 Å². The molecule has 0 aromatic heterocycles. The fourth-order valence-corrected chi connectivity index (χ4v) is 2.58. The number of nitrogens with one attached hydrogen (secondary N) is 1. The second kappa shape index (κ2) is 14.1. The molecule has 1 aliphatic rings. The van der Waals surface area contributed by atoms with Crippen LogP contribution in [0.3, 0.4) is 0 Å². The van der Waals surface area contributed by atoms with Crippen LogP contribution in [0.5, 0.6) is 0 Å². The zero-order chi connectivity index (χ0) is 15.2. The van der Waals surface area contributed by atoms with Crippen LogP contribution in [-0.2, 0) is 9.59 Å². The van der Waals surface area contributed by atoms with Crippen LogP contribution in [0.15, 0.2) is 0 Å². The van der Waals surface area contributed by atoms with Crippen LogP contribution in [0.25, 0.3) is 0 Å². The van der Waals surface area contributed by atoms with Gasteiger partial charge in [0.25, 0.3) is 0 Å². The first-order valence-electron chi connectivity index (χ1n) is 8.03. The molecule has 20 heavy (non-hydrogen) atoms. The Hall–Kier alpha value is 0.1000.